The third-order valence-electron chi connectivity index (χ3n) is 3.94. The Bertz CT molecular complexity index is 587. The van der Waals surface area contributed by atoms with Gasteiger partial charge in [-0.3, -0.25) is 0 Å². The molecule has 0 spiro atoms. The van der Waals surface area contributed by atoms with Gasteiger partial charge >= 0.3 is 0 Å². The fraction of sp³-hybridized carbons (Fsp3) is 0.467. The monoisotopic (exact) mass is 290 g/mol. The molecule has 1 aliphatic carbocycles. The standard InChI is InChI=1S/C15H19FN4O/c1-21-13-4-2-3-11(7-13)19-12-5-6-15(14(16)8-12)20-10-17-9-18-20/h5-6,8-11,13,19H,2-4,7H2,1H3. The van der Waals surface area contributed by atoms with Crippen LogP contribution in [0.2, 0.25) is 0 Å². The van der Waals surface area contributed by atoms with Crippen LogP contribution in [0.4, 0.5) is 10.1 Å². The number of rotatable bonds is 4. The van der Waals surface area contributed by atoms with Crippen molar-refractivity contribution in [3.05, 3.63) is 36.7 Å². The highest BCUT2D eigenvalue weighted by atomic mass is 19.1. The predicted octanol–water partition coefficient (Wildman–Crippen LogP) is 2.78. The van der Waals surface area contributed by atoms with Crippen LogP contribution in [-0.2, 0) is 4.74 Å². The minimum absolute atomic E-state index is 0.301. The van der Waals surface area contributed by atoms with E-state index in [1.54, 1.807) is 13.2 Å². The van der Waals surface area contributed by atoms with Crippen LogP contribution >= 0.6 is 0 Å². The molecule has 0 bridgehead atoms. The number of aromatic nitrogens is 3. The van der Waals surface area contributed by atoms with Gasteiger partial charge in [0, 0.05) is 18.8 Å². The second-order valence-electron chi connectivity index (χ2n) is 5.37. The number of halogens is 1. The van der Waals surface area contributed by atoms with E-state index in [2.05, 4.69) is 15.4 Å². The van der Waals surface area contributed by atoms with E-state index in [0.717, 1.165) is 31.4 Å². The molecule has 21 heavy (non-hydrogen) atoms. The number of ether oxygens (including phenoxy) is 1. The summed E-state index contributed by atoms with van der Waals surface area (Å²) in [5.41, 5.74) is 1.19. The van der Waals surface area contributed by atoms with Crippen LogP contribution < -0.4 is 5.32 Å². The van der Waals surface area contributed by atoms with Crippen LogP contribution in [-0.4, -0.2) is 34.0 Å². The highest BCUT2D eigenvalue weighted by molar-refractivity contribution is 5.50. The minimum atomic E-state index is -0.315. The second-order valence-corrected chi connectivity index (χ2v) is 5.37. The van der Waals surface area contributed by atoms with Gasteiger partial charge in [0.2, 0.25) is 0 Å². The van der Waals surface area contributed by atoms with Gasteiger partial charge in [-0.05, 0) is 43.9 Å². The Balaban J connectivity index is 1.71. The van der Waals surface area contributed by atoms with E-state index in [-0.39, 0.29) is 5.82 Å². The number of methoxy groups -OCH3 is 1. The van der Waals surface area contributed by atoms with Gasteiger partial charge in [-0.15, -0.1) is 0 Å². The molecule has 1 aromatic heterocycles. The van der Waals surface area contributed by atoms with Crippen LogP contribution in [0.3, 0.4) is 0 Å². The summed E-state index contributed by atoms with van der Waals surface area (Å²) in [6.07, 6.45) is 7.46. The molecule has 1 aromatic carbocycles. The van der Waals surface area contributed by atoms with Crippen molar-refractivity contribution in [3.63, 3.8) is 0 Å². The van der Waals surface area contributed by atoms with Crippen molar-refractivity contribution in [3.8, 4) is 5.69 Å². The van der Waals surface area contributed by atoms with Crippen LogP contribution in [0.1, 0.15) is 25.7 Å². The Kier molecular flexibility index (Phi) is 4.15. The lowest BCUT2D eigenvalue weighted by Gasteiger charge is -2.29. The highest BCUT2D eigenvalue weighted by Crippen LogP contribution is 2.25. The molecule has 2 unspecified atom stereocenters. The number of anilines is 1. The average Bonchev–Trinajstić information content (AvgIpc) is 3.01. The molecule has 1 saturated carbocycles. The van der Waals surface area contributed by atoms with Gasteiger partial charge in [0.25, 0.3) is 0 Å². The molecule has 112 valence electrons. The Labute approximate surface area is 123 Å². The van der Waals surface area contributed by atoms with E-state index in [1.165, 1.54) is 23.4 Å². The molecular formula is C15H19FN4O. The fourth-order valence-electron chi connectivity index (χ4n) is 2.84. The SMILES string of the molecule is COC1CCCC(Nc2ccc(-n3cncn3)c(F)c2)C1. The average molecular weight is 290 g/mol. The van der Waals surface area contributed by atoms with Gasteiger partial charge in [-0.1, -0.05) is 0 Å². The molecule has 3 rings (SSSR count). The van der Waals surface area contributed by atoms with Gasteiger partial charge in [-0.25, -0.2) is 14.1 Å². The lowest BCUT2D eigenvalue weighted by molar-refractivity contribution is 0.0669. The molecule has 0 amide bonds. The lowest BCUT2D eigenvalue weighted by Crippen LogP contribution is -2.31. The van der Waals surface area contributed by atoms with Gasteiger partial charge in [0.15, 0.2) is 5.82 Å². The molecule has 1 fully saturated rings. The number of nitrogens with zero attached hydrogens (tertiary/aromatic N) is 3. The zero-order chi connectivity index (χ0) is 14.7. The summed E-state index contributed by atoms with van der Waals surface area (Å²) in [5.74, 6) is -0.315. The number of hydrogen-bond acceptors (Lipinski definition) is 4. The summed E-state index contributed by atoms with van der Waals surface area (Å²) in [4.78, 5) is 3.83. The van der Waals surface area contributed by atoms with Crippen LogP contribution in [0, 0.1) is 5.82 Å². The Morgan fingerprint density at radius 2 is 2.29 bits per heavy atom. The quantitative estimate of drug-likeness (QED) is 0.940. The minimum Gasteiger partial charge on any atom is -0.382 e. The summed E-state index contributed by atoms with van der Waals surface area (Å²) in [7, 11) is 1.75. The van der Waals surface area contributed by atoms with Crippen molar-refractivity contribution in [1.29, 1.82) is 0 Å². The molecule has 1 N–H and O–H groups in total. The molecule has 0 saturated heterocycles. The molecule has 0 radical (unpaired) electrons. The smallest absolute Gasteiger partial charge is 0.150 e. The van der Waals surface area contributed by atoms with Crippen LogP contribution in [0.15, 0.2) is 30.9 Å². The van der Waals surface area contributed by atoms with Gasteiger partial charge in [-0.2, -0.15) is 5.10 Å². The summed E-state index contributed by atoms with van der Waals surface area (Å²) in [6, 6.07) is 5.42. The maximum absolute atomic E-state index is 14.2. The maximum Gasteiger partial charge on any atom is 0.150 e. The second kappa shape index (κ2) is 6.22. The summed E-state index contributed by atoms with van der Waals surface area (Å²) in [6.45, 7) is 0. The number of benzene rings is 1. The molecular weight excluding hydrogens is 271 g/mol. The van der Waals surface area contributed by atoms with E-state index < -0.39 is 0 Å². The van der Waals surface area contributed by atoms with Gasteiger partial charge in [0.1, 0.15) is 18.3 Å². The van der Waals surface area contributed by atoms with E-state index >= 15 is 0 Å². The Hall–Kier alpha value is -1.95. The van der Waals surface area contributed by atoms with Gasteiger partial charge in [0.05, 0.1) is 6.10 Å². The molecule has 2 aromatic rings. The van der Waals surface area contributed by atoms with Crippen molar-refractivity contribution in [2.75, 3.05) is 12.4 Å². The first-order chi connectivity index (χ1) is 10.3. The fourth-order valence-corrected chi connectivity index (χ4v) is 2.84. The molecule has 1 aliphatic rings. The first kappa shape index (κ1) is 14.0. The van der Waals surface area contributed by atoms with Crippen molar-refractivity contribution < 1.29 is 9.13 Å². The largest absolute Gasteiger partial charge is 0.382 e. The highest BCUT2D eigenvalue weighted by Gasteiger charge is 2.21. The summed E-state index contributed by atoms with van der Waals surface area (Å²) >= 11 is 0. The van der Waals surface area contributed by atoms with Gasteiger partial charge < -0.3 is 10.1 Å². The summed E-state index contributed by atoms with van der Waals surface area (Å²) < 4.78 is 21.0. The first-order valence-electron chi connectivity index (χ1n) is 7.20. The number of nitrogens with one attached hydrogen (secondary N) is 1. The molecule has 1 heterocycles. The zero-order valence-corrected chi connectivity index (χ0v) is 12.0. The lowest BCUT2D eigenvalue weighted by atomic mass is 9.92. The van der Waals surface area contributed by atoms with Crippen molar-refractivity contribution in [2.24, 2.45) is 0 Å². The number of hydrogen-bond donors (Lipinski definition) is 1. The van der Waals surface area contributed by atoms with Crippen LogP contribution in [0.5, 0.6) is 0 Å². The first-order valence-corrected chi connectivity index (χ1v) is 7.20. The molecule has 0 aliphatic heterocycles. The molecule has 6 heteroatoms. The van der Waals surface area contributed by atoms with Crippen molar-refractivity contribution in [1.82, 2.24) is 14.8 Å². The van der Waals surface area contributed by atoms with Crippen molar-refractivity contribution >= 4 is 5.69 Å². The van der Waals surface area contributed by atoms with E-state index in [1.807, 2.05) is 6.07 Å². The Morgan fingerprint density at radius 1 is 1.38 bits per heavy atom. The predicted molar refractivity (Wildman–Crippen MR) is 78.0 cm³/mol. The topological polar surface area (TPSA) is 52.0 Å². The van der Waals surface area contributed by atoms with E-state index in [4.69, 9.17) is 4.74 Å². The maximum atomic E-state index is 14.2. The van der Waals surface area contributed by atoms with Crippen LogP contribution in [0.25, 0.3) is 5.69 Å². The zero-order valence-electron chi connectivity index (χ0n) is 12.0. The normalized spacial score (nSPS) is 22.2. The van der Waals surface area contributed by atoms with Crippen molar-refractivity contribution in [2.45, 2.75) is 37.8 Å². The van der Waals surface area contributed by atoms with E-state index in [9.17, 15) is 4.39 Å². The van der Waals surface area contributed by atoms with E-state index in [0.29, 0.717) is 17.8 Å². The third-order valence-corrected chi connectivity index (χ3v) is 3.94. The Morgan fingerprint density at radius 3 is 3.00 bits per heavy atom. The third kappa shape index (κ3) is 3.21. The summed E-state index contributed by atoms with van der Waals surface area (Å²) in [5, 5.41) is 7.34. The molecule has 2 atom stereocenters. The molecule has 5 nitrogen and oxygen atoms in total.